The Bertz CT molecular complexity index is 320. The summed E-state index contributed by atoms with van der Waals surface area (Å²) >= 11 is 0. The Labute approximate surface area is 69.0 Å². The lowest BCUT2D eigenvalue weighted by molar-refractivity contribution is -0.904. The van der Waals surface area contributed by atoms with Gasteiger partial charge in [0.1, 0.15) is 0 Å². The van der Waals surface area contributed by atoms with Crippen LogP contribution in [0.5, 0.6) is 0 Å². The van der Waals surface area contributed by atoms with Crippen LogP contribution < -0.4 is 4.73 Å². The van der Waals surface area contributed by atoms with Crippen molar-refractivity contribution in [3.8, 4) is 0 Å². The molecule has 0 aliphatic heterocycles. The molecule has 0 saturated carbocycles. The lowest BCUT2D eigenvalue weighted by atomic mass is 10.2. The number of pyridine rings is 1. The van der Waals surface area contributed by atoms with Crippen LogP contribution in [-0.2, 0) is 4.79 Å². The zero-order valence-corrected chi connectivity index (χ0v) is 6.21. The minimum atomic E-state index is -1.01. The monoisotopic (exact) mass is 166 g/mol. The standard InChI is InChI=1S/C8H7NO3/c10-8(11)4-3-7-2-1-5-9(12)6-7/h1-6H,(H-,10,11,12)/p+1. The number of aliphatic carboxylic acids is 1. The number of hydrogen-bond acceptors (Lipinski definition) is 2. The van der Waals surface area contributed by atoms with Gasteiger partial charge in [0.2, 0.25) is 12.4 Å². The van der Waals surface area contributed by atoms with E-state index in [9.17, 15) is 4.79 Å². The molecule has 0 saturated heterocycles. The number of aromatic nitrogens is 1. The highest BCUT2D eigenvalue weighted by molar-refractivity contribution is 5.85. The Morgan fingerprint density at radius 1 is 1.58 bits per heavy atom. The van der Waals surface area contributed by atoms with Crippen LogP contribution in [-0.4, -0.2) is 16.3 Å². The third-order valence-electron chi connectivity index (χ3n) is 1.23. The van der Waals surface area contributed by atoms with Crippen LogP contribution in [0.1, 0.15) is 5.56 Å². The fourth-order valence-electron chi connectivity index (χ4n) is 0.747. The van der Waals surface area contributed by atoms with E-state index < -0.39 is 5.97 Å². The molecule has 1 aromatic rings. The van der Waals surface area contributed by atoms with Crippen molar-refractivity contribution in [1.82, 2.24) is 0 Å². The number of carboxylic acids is 1. The van der Waals surface area contributed by atoms with E-state index in [-0.39, 0.29) is 0 Å². The topological polar surface area (TPSA) is 61.4 Å². The smallest absolute Gasteiger partial charge is 0.328 e. The SMILES string of the molecule is O=C(O)C=Cc1ccc[n+](O)c1. The van der Waals surface area contributed by atoms with Gasteiger partial charge < -0.3 is 5.11 Å². The van der Waals surface area contributed by atoms with E-state index in [1.807, 2.05) is 0 Å². The zero-order valence-electron chi connectivity index (χ0n) is 6.21. The zero-order chi connectivity index (χ0) is 8.97. The van der Waals surface area contributed by atoms with Crippen molar-refractivity contribution in [2.45, 2.75) is 0 Å². The number of hydrogen-bond donors (Lipinski definition) is 2. The highest BCUT2D eigenvalue weighted by Gasteiger charge is 1.96. The van der Waals surface area contributed by atoms with E-state index in [0.717, 1.165) is 10.8 Å². The lowest BCUT2D eigenvalue weighted by Gasteiger charge is -1.86. The maximum atomic E-state index is 10.1. The van der Waals surface area contributed by atoms with Crippen LogP contribution in [0.4, 0.5) is 0 Å². The molecule has 4 heteroatoms. The highest BCUT2D eigenvalue weighted by Crippen LogP contribution is 1.96. The third kappa shape index (κ3) is 2.42. The molecule has 0 radical (unpaired) electrons. The van der Waals surface area contributed by atoms with Crippen LogP contribution in [0.3, 0.4) is 0 Å². The Morgan fingerprint density at radius 3 is 2.92 bits per heavy atom. The molecular weight excluding hydrogens is 158 g/mol. The average Bonchev–Trinajstić information content (AvgIpc) is 2.01. The largest absolute Gasteiger partial charge is 0.478 e. The van der Waals surface area contributed by atoms with Gasteiger partial charge >= 0.3 is 5.97 Å². The van der Waals surface area contributed by atoms with E-state index >= 15 is 0 Å². The summed E-state index contributed by atoms with van der Waals surface area (Å²) in [6, 6.07) is 3.30. The summed E-state index contributed by atoms with van der Waals surface area (Å²) in [6.07, 6.45) is 5.25. The summed E-state index contributed by atoms with van der Waals surface area (Å²) < 4.78 is 0.863. The predicted octanol–water partition coefficient (Wildman–Crippen LogP) is 0.309. The quantitative estimate of drug-likeness (QED) is 0.377. The molecule has 2 N–H and O–H groups in total. The van der Waals surface area contributed by atoms with Gasteiger partial charge in [-0.1, -0.05) is 0 Å². The molecule has 4 nitrogen and oxygen atoms in total. The molecule has 0 unspecified atom stereocenters. The fourth-order valence-corrected chi connectivity index (χ4v) is 0.747. The van der Waals surface area contributed by atoms with Crippen LogP contribution in [0.2, 0.25) is 0 Å². The van der Waals surface area contributed by atoms with E-state index in [4.69, 9.17) is 10.3 Å². The summed E-state index contributed by atoms with van der Waals surface area (Å²) in [7, 11) is 0. The van der Waals surface area contributed by atoms with Crippen molar-refractivity contribution in [3.05, 3.63) is 36.2 Å². The second kappa shape index (κ2) is 3.52. The van der Waals surface area contributed by atoms with Crippen molar-refractivity contribution in [3.63, 3.8) is 0 Å². The molecule has 0 bridgehead atoms. The van der Waals surface area contributed by atoms with E-state index in [1.165, 1.54) is 18.5 Å². The number of carbonyl (C=O) groups is 1. The van der Waals surface area contributed by atoms with Gasteiger partial charge in [-0.3, -0.25) is 5.21 Å². The molecule has 1 heterocycles. The minimum absolute atomic E-state index is 0.627. The summed E-state index contributed by atoms with van der Waals surface area (Å²) in [5, 5.41) is 17.2. The van der Waals surface area contributed by atoms with Gasteiger partial charge in [-0.2, -0.15) is 0 Å². The van der Waals surface area contributed by atoms with Crippen molar-refractivity contribution < 1.29 is 19.8 Å². The molecule has 0 aliphatic carbocycles. The number of carboxylic acid groups (broad SMARTS) is 1. The van der Waals surface area contributed by atoms with Gasteiger partial charge in [-0.05, 0) is 12.1 Å². The molecule has 1 aromatic heterocycles. The van der Waals surface area contributed by atoms with Crippen LogP contribution in [0, 0.1) is 0 Å². The van der Waals surface area contributed by atoms with Crippen LogP contribution in [0.25, 0.3) is 6.08 Å². The number of nitrogens with zero attached hydrogens (tertiary/aromatic N) is 1. The van der Waals surface area contributed by atoms with Gasteiger partial charge in [-0.25, -0.2) is 4.79 Å². The summed E-state index contributed by atoms with van der Waals surface area (Å²) in [5.74, 6) is -1.01. The van der Waals surface area contributed by atoms with Crippen molar-refractivity contribution in [1.29, 1.82) is 0 Å². The van der Waals surface area contributed by atoms with Crippen LogP contribution in [0.15, 0.2) is 30.6 Å². The van der Waals surface area contributed by atoms with E-state index in [2.05, 4.69) is 0 Å². The fraction of sp³-hybridized carbons (Fsp3) is 0. The Kier molecular flexibility index (Phi) is 2.42. The summed E-state index contributed by atoms with van der Waals surface area (Å²) in [5.41, 5.74) is 0.627. The Morgan fingerprint density at radius 2 is 2.33 bits per heavy atom. The van der Waals surface area contributed by atoms with Gasteiger partial charge in [0.25, 0.3) is 0 Å². The second-order valence-electron chi connectivity index (χ2n) is 2.19. The maximum absolute atomic E-state index is 10.1. The minimum Gasteiger partial charge on any atom is -0.478 e. The second-order valence-corrected chi connectivity index (χ2v) is 2.19. The number of rotatable bonds is 2. The molecule has 1 rings (SSSR count). The molecule has 0 spiro atoms. The highest BCUT2D eigenvalue weighted by atomic mass is 16.5. The van der Waals surface area contributed by atoms with Crippen molar-refractivity contribution in [2.24, 2.45) is 0 Å². The van der Waals surface area contributed by atoms with E-state index in [1.54, 1.807) is 12.1 Å². The molecular formula is C8H8NO3+. The lowest BCUT2D eigenvalue weighted by Crippen LogP contribution is -2.28. The first-order valence-electron chi connectivity index (χ1n) is 3.30. The Balaban J connectivity index is 2.83. The molecule has 12 heavy (non-hydrogen) atoms. The van der Waals surface area contributed by atoms with Crippen LogP contribution >= 0.6 is 0 Å². The Hall–Kier alpha value is -1.84. The van der Waals surface area contributed by atoms with E-state index in [0.29, 0.717) is 5.56 Å². The van der Waals surface area contributed by atoms with Gasteiger partial charge in [0.05, 0.1) is 0 Å². The molecule has 0 amide bonds. The normalized spacial score (nSPS) is 10.3. The van der Waals surface area contributed by atoms with Crippen molar-refractivity contribution >= 4 is 12.0 Å². The molecule has 0 fully saturated rings. The first-order chi connectivity index (χ1) is 5.68. The molecule has 0 atom stereocenters. The summed E-state index contributed by atoms with van der Waals surface area (Å²) in [6.45, 7) is 0. The van der Waals surface area contributed by atoms with Crippen molar-refractivity contribution in [2.75, 3.05) is 0 Å². The first-order valence-corrected chi connectivity index (χ1v) is 3.30. The first kappa shape index (κ1) is 8.26. The average molecular weight is 166 g/mol. The van der Waals surface area contributed by atoms with Gasteiger partial charge in [0.15, 0.2) is 0 Å². The third-order valence-corrected chi connectivity index (χ3v) is 1.23. The maximum Gasteiger partial charge on any atom is 0.328 e. The molecule has 0 aromatic carbocycles. The predicted molar refractivity (Wildman–Crippen MR) is 40.5 cm³/mol. The molecule has 62 valence electrons. The van der Waals surface area contributed by atoms with Gasteiger partial charge in [0, 0.05) is 22.4 Å². The molecule has 0 aliphatic rings. The summed E-state index contributed by atoms with van der Waals surface area (Å²) in [4.78, 5) is 10.1. The van der Waals surface area contributed by atoms with Gasteiger partial charge in [-0.15, -0.1) is 0 Å².